The first-order chi connectivity index (χ1) is 10.1. The fourth-order valence-electron chi connectivity index (χ4n) is 1.79. The van der Waals surface area contributed by atoms with Crippen molar-refractivity contribution < 1.29 is 14.4 Å². The monoisotopic (exact) mass is 307 g/mol. The third-order valence-corrected chi connectivity index (χ3v) is 3.03. The Hall–Kier alpha value is -2.34. The molecule has 0 aliphatic carbocycles. The highest BCUT2D eigenvalue weighted by Crippen LogP contribution is 2.21. The van der Waals surface area contributed by atoms with Crippen LogP contribution in [0.4, 0.5) is 0 Å². The van der Waals surface area contributed by atoms with Crippen molar-refractivity contribution in [2.75, 3.05) is 14.2 Å². The van der Waals surface area contributed by atoms with Gasteiger partial charge in [-0.3, -0.25) is 0 Å². The second kappa shape index (κ2) is 6.41. The van der Waals surface area contributed by atoms with Crippen LogP contribution in [0.3, 0.4) is 0 Å². The van der Waals surface area contributed by atoms with Crippen molar-refractivity contribution in [3.63, 3.8) is 0 Å². The number of carbonyl (C=O) groups is 1. The second-order valence-electron chi connectivity index (χ2n) is 4.18. The smallest absolute Gasteiger partial charge is 0.379 e. The van der Waals surface area contributed by atoms with E-state index in [2.05, 4.69) is 19.8 Å². The van der Waals surface area contributed by atoms with Gasteiger partial charge >= 0.3 is 5.97 Å². The minimum absolute atomic E-state index is 0.0438. The molecular weight excluding hydrogens is 294 g/mol. The standard InChI is InChI=1S/C14H14ClN3O3/c1-9-8-12(10-4-6-11(15)7-5-10)16-18(9)13(17-21-3)14(19)20-2/h4-8H,1-3H3/b17-13+. The zero-order chi connectivity index (χ0) is 15.4. The Kier molecular flexibility index (Phi) is 4.59. The van der Waals surface area contributed by atoms with Crippen LogP contribution in [0.2, 0.25) is 5.02 Å². The maximum atomic E-state index is 11.7. The zero-order valence-electron chi connectivity index (χ0n) is 11.8. The number of carbonyl (C=O) groups excluding carboxylic acids is 1. The van der Waals surface area contributed by atoms with Crippen LogP contribution in [0, 0.1) is 6.92 Å². The lowest BCUT2D eigenvalue weighted by molar-refractivity contribution is -0.133. The van der Waals surface area contributed by atoms with E-state index in [1.165, 1.54) is 18.9 Å². The predicted molar refractivity (Wildman–Crippen MR) is 79.3 cm³/mol. The summed E-state index contributed by atoms with van der Waals surface area (Å²) in [6, 6.07) is 9.07. The Labute approximate surface area is 126 Å². The molecule has 0 fully saturated rings. The lowest BCUT2D eigenvalue weighted by Gasteiger charge is -2.05. The number of halogens is 1. The first kappa shape index (κ1) is 15.1. The highest BCUT2D eigenvalue weighted by Gasteiger charge is 2.19. The number of oxime groups is 1. The second-order valence-corrected chi connectivity index (χ2v) is 4.62. The van der Waals surface area contributed by atoms with Crippen LogP contribution in [0.1, 0.15) is 5.69 Å². The third kappa shape index (κ3) is 3.22. The largest absolute Gasteiger partial charge is 0.463 e. The summed E-state index contributed by atoms with van der Waals surface area (Å²) in [5.74, 6) is -0.677. The Morgan fingerprint density at radius 3 is 2.52 bits per heavy atom. The number of aryl methyl sites for hydroxylation is 1. The van der Waals surface area contributed by atoms with Crippen molar-refractivity contribution in [1.82, 2.24) is 9.78 Å². The van der Waals surface area contributed by atoms with Gasteiger partial charge < -0.3 is 9.57 Å². The van der Waals surface area contributed by atoms with Gasteiger partial charge in [0.05, 0.1) is 12.8 Å². The van der Waals surface area contributed by atoms with Crippen LogP contribution in [-0.2, 0) is 14.4 Å². The van der Waals surface area contributed by atoms with E-state index >= 15 is 0 Å². The topological polar surface area (TPSA) is 65.7 Å². The van der Waals surface area contributed by atoms with Gasteiger partial charge in [-0.2, -0.15) is 5.10 Å². The molecule has 0 unspecified atom stereocenters. The number of aromatic nitrogens is 2. The van der Waals surface area contributed by atoms with Gasteiger partial charge in [-0.05, 0) is 25.1 Å². The molecule has 2 rings (SSSR count). The summed E-state index contributed by atoms with van der Waals surface area (Å²) in [4.78, 5) is 16.4. The van der Waals surface area contributed by atoms with Gasteiger partial charge in [-0.15, -0.1) is 0 Å². The van der Waals surface area contributed by atoms with Crippen LogP contribution >= 0.6 is 11.6 Å². The molecule has 0 radical (unpaired) electrons. The molecule has 0 aliphatic rings. The number of rotatable bonds is 2. The summed E-state index contributed by atoms with van der Waals surface area (Å²) in [5, 5.41) is 8.67. The fraction of sp³-hybridized carbons (Fsp3) is 0.214. The first-order valence-electron chi connectivity index (χ1n) is 6.09. The summed E-state index contributed by atoms with van der Waals surface area (Å²) in [7, 11) is 2.62. The molecule has 6 nitrogen and oxygen atoms in total. The van der Waals surface area contributed by atoms with Gasteiger partial charge in [0.15, 0.2) is 0 Å². The van der Waals surface area contributed by atoms with Gasteiger partial charge in [0, 0.05) is 16.3 Å². The molecule has 1 aromatic heterocycles. The summed E-state index contributed by atoms with van der Waals surface area (Å²) >= 11 is 5.87. The lowest BCUT2D eigenvalue weighted by Crippen LogP contribution is -2.26. The van der Waals surface area contributed by atoms with Gasteiger partial charge in [-0.25, -0.2) is 9.48 Å². The van der Waals surface area contributed by atoms with Crippen LogP contribution in [0.5, 0.6) is 0 Å². The van der Waals surface area contributed by atoms with Crippen molar-refractivity contribution in [2.24, 2.45) is 5.16 Å². The SMILES string of the molecule is CO/N=C(\C(=O)OC)n1nc(-c2ccc(Cl)cc2)cc1C. The minimum atomic E-state index is -0.634. The van der Waals surface area contributed by atoms with Gasteiger partial charge in [0.2, 0.25) is 0 Å². The van der Waals surface area contributed by atoms with E-state index in [4.69, 9.17) is 11.6 Å². The van der Waals surface area contributed by atoms with Crippen molar-refractivity contribution in [3.05, 3.63) is 41.0 Å². The van der Waals surface area contributed by atoms with Crippen molar-refractivity contribution in [3.8, 4) is 11.3 Å². The molecule has 0 amide bonds. The maximum Gasteiger partial charge on any atom is 0.379 e. The van der Waals surface area contributed by atoms with Crippen molar-refractivity contribution in [2.45, 2.75) is 6.92 Å². The third-order valence-electron chi connectivity index (χ3n) is 2.77. The molecule has 110 valence electrons. The van der Waals surface area contributed by atoms with Crippen LogP contribution in [0.15, 0.2) is 35.5 Å². The van der Waals surface area contributed by atoms with E-state index in [1.807, 2.05) is 18.2 Å². The Bertz CT molecular complexity index is 677. The molecule has 2 aromatic rings. The zero-order valence-corrected chi connectivity index (χ0v) is 12.6. The number of hydrogen-bond acceptors (Lipinski definition) is 5. The van der Waals surface area contributed by atoms with Gasteiger partial charge in [0.25, 0.3) is 5.84 Å². The molecule has 1 heterocycles. The van der Waals surface area contributed by atoms with E-state index in [-0.39, 0.29) is 5.84 Å². The van der Waals surface area contributed by atoms with E-state index in [0.29, 0.717) is 10.7 Å². The van der Waals surface area contributed by atoms with E-state index < -0.39 is 5.97 Å². The Morgan fingerprint density at radius 1 is 1.29 bits per heavy atom. The normalized spacial score (nSPS) is 11.3. The highest BCUT2D eigenvalue weighted by molar-refractivity contribution is 6.35. The van der Waals surface area contributed by atoms with Crippen LogP contribution in [-0.4, -0.2) is 35.8 Å². The average molecular weight is 308 g/mol. The molecule has 0 spiro atoms. The molecule has 0 saturated heterocycles. The highest BCUT2D eigenvalue weighted by atomic mass is 35.5. The van der Waals surface area contributed by atoms with E-state index in [9.17, 15) is 4.79 Å². The van der Waals surface area contributed by atoms with Gasteiger partial charge in [-0.1, -0.05) is 28.9 Å². The van der Waals surface area contributed by atoms with Crippen LogP contribution < -0.4 is 0 Å². The summed E-state index contributed by atoms with van der Waals surface area (Å²) in [6.45, 7) is 1.81. The molecule has 1 aromatic carbocycles. The summed E-state index contributed by atoms with van der Waals surface area (Å²) in [6.07, 6.45) is 0. The number of ether oxygens (including phenoxy) is 1. The number of methoxy groups -OCH3 is 1. The number of nitrogens with zero attached hydrogens (tertiary/aromatic N) is 3. The number of benzene rings is 1. The molecule has 0 N–H and O–H groups in total. The molecule has 7 heteroatoms. The molecule has 0 saturated carbocycles. The minimum Gasteiger partial charge on any atom is -0.463 e. The Balaban J connectivity index is 2.45. The summed E-state index contributed by atoms with van der Waals surface area (Å²) in [5.41, 5.74) is 2.29. The van der Waals surface area contributed by atoms with E-state index in [1.54, 1.807) is 19.1 Å². The van der Waals surface area contributed by atoms with Crippen molar-refractivity contribution in [1.29, 1.82) is 0 Å². The van der Waals surface area contributed by atoms with Gasteiger partial charge in [0.1, 0.15) is 7.11 Å². The Morgan fingerprint density at radius 2 is 1.95 bits per heavy atom. The van der Waals surface area contributed by atoms with Crippen LogP contribution in [0.25, 0.3) is 11.3 Å². The number of hydrogen-bond donors (Lipinski definition) is 0. The quantitative estimate of drug-likeness (QED) is 0.370. The fourth-order valence-corrected chi connectivity index (χ4v) is 1.92. The molecule has 0 bridgehead atoms. The lowest BCUT2D eigenvalue weighted by atomic mass is 10.1. The first-order valence-corrected chi connectivity index (χ1v) is 6.47. The summed E-state index contributed by atoms with van der Waals surface area (Å²) < 4.78 is 6.05. The molecule has 0 atom stereocenters. The van der Waals surface area contributed by atoms with Crippen molar-refractivity contribution >= 4 is 23.4 Å². The molecular formula is C14H14ClN3O3. The molecule has 0 aliphatic heterocycles. The average Bonchev–Trinajstić information content (AvgIpc) is 2.86. The molecule has 21 heavy (non-hydrogen) atoms. The maximum absolute atomic E-state index is 11.7. The van der Waals surface area contributed by atoms with E-state index in [0.717, 1.165) is 11.3 Å². The number of esters is 1. The predicted octanol–water partition coefficient (Wildman–Crippen LogP) is 2.49.